The molecular formula is C15H12F9N3O2. The fourth-order valence-corrected chi connectivity index (χ4v) is 2.23. The maximum atomic E-state index is 13.3. The van der Waals surface area contributed by atoms with Crippen LogP contribution in [0.1, 0.15) is 29.6 Å². The molecule has 14 heteroatoms. The first-order chi connectivity index (χ1) is 13.2. The van der Waals surface area contributed by atoms with Gasteiger partial charge in [0.05, 0.1) is 17.7 Å². The van der Waals surface area contributed by atoms with Crippen LogP contribution >= 0.6 is 0 Å². The number of fused-ring (bicyclic) bond motifs is 1. The van der Waals surface area contributed by atoms with E-state index >= 15 is 0 Å². The summed E-state index contributed by atoms with van der Waals surface area (Å²) in [5, 5.41) is 9.65. The molecule has 0 spiro atoms. The number of rotatable bonds is 8. The molecule has 0 unspecified atom stereocenters. The number of hydrogen-bond donors (Lipinski definition) is 1. The van der Waals surface area contributed by atoms with Crippen molar-refractivity contribution >= 4 is 17.0 Å². The molecule has 1 aromatic carbocycles. The van der Waals surface area contributed by atoms with Crippen LogP contribution < -0.4 is 0 Å². The Bertz CT molecular complexity index is 864. The van der Waals surface area contributed by atoms with Crippen molar-refractivity contribution < 1.29 is 49.0 Å². The van der Waals surface area contributed by atoms with Gasteiger partial charge >= 0.3 is 29.9 Å². The molecule has 1 aromatic heterocycles. The molecule has 0 saturated heterocycles. The number of carbonyl (C=O) groups is 1. The summed E-state index contributed by atoms with van der Waals surface area (Å²) in [4.78, 5) is 11.8. The zero-order chi connectivity index (χ0) is 22.1. The van der Waals surface area contributed by atoms with Gasteiger partial charge in [-0.05, 0) is 31.0 Å². The lowest BCUT2D eigenvalue weighted by Gasteiger charge is -2.33. The first-order valence-corrected chi connectivity index (χ1v) is 7.89. The number of carbonyl (C=O) groups excluding carboxylic acids is 1. The summed E-state index contributed by atoms with van der Waals surface area (Å²) in [6, 6.07) is 4.09. The SMILES string of the molecule is O=C(OCCCCC(F)(F)C(F)(F)C(F)(F)C(F)(F)F)c1ccc2[nH]nnc2c1. The van der Waals surface area contributed by atoms with Gasteiger partial charge < -0.3 is 4.74 Å². The van der Waals surface area contributed by atoms with Crippen molar-refractivity contribution in [1.29, 1.82) is 0 Å². The summed E-state index contributed by atoms with van der Waals surface area (Å²) in [6.45, 7) is -0.549. The second-order valence-electron chi connectivity index (χ2n) is 5.99. The average Bonchev–Trinajstić information content (AvgIpc) is 3.07. The van der Waals surface area contributed by atoms with Gasteiger partial charge in [-0.15, -0.1) is 5.10 Å². The minimum Gasteiger partial charge on any atom is -0.462 e. The molecule has 0 aliphatic rings. The Hall–Kier alpha value is -2.54. The third-order valence-electron chi connectivity index (χ3n) is 3.89. The first-order valence-electron chi connectivity index (χ1n) is 7.89. The van der Waals surface area contributed by atoms with Gasteiger partial charge in [0.2, 0.25) is 0 Å². The number of hydrogen-bond acceptors (Lipinski definition) is 4. The Labute approximate surface area is 156 Å². The Kier molecular flexibility index (Phi) is 6.04. The van der Waals surface area contributed by atoms with Crippen LogP contribution in [0.4, 0.5) is 39.5 Å². The van der Waals surface area contributed by atoms with Gasteiger partial charge in [0.15, 0.2) is 0 Å². The predicted octanol–water partition coefficient (Wildman–Crippen LogP) is 4.75. The van der Waals surface area contributed by atoms with Crippen molar-refractivity contribution in [2.45, 2.75) is 43.2 Å². The van der Waals surface area contributed by atoms with Crippen molar-refractivity contribution in [2.24, 2.45) is 0 Å². The van der Waals surface area contributed by atoms with Gasteiger partial charge in [-0.25, -0.2) is 4.79 Å². The number of ether oxygens (including phenoxy) is 1. The van der Waals surface area contributed by atoms with Crippen LogP contribution in [0.3, 0.4) is 0 Å². The minimum absolute atomic E-state index is 0.0214. The Morgan fingerprint density at radius 3 is 2.24 bits per heavy atom. The van der Waals surface area contributed by atoms with E-state index in [1.807, 2.05) is 0 Å². The standard InChI is InChI=1S/C15H12F9N3O2/c16-12(17,13(18,19)14(20,21)15(22,23)24)5-1-2-6-29-11(28)8-3-4-9-10(7-8)26-27-25-9/h3-4,7H,1-2,5-6H2,(H,25,26,27). The molecule has 162 valence electrons. The Morgan fingerprint density at radius 2 is 1.62 bits per heavy atom. The van der Waals surface area contributed by atoms with Gasteiger partial charge in [0.1, 0.15) is 5.52 Å². The van der Waals surface area contributed by atoms with E-state index in [4.69, 9.17) is 4.74 Å². The third kappa shape index (κ3) is 4.40. The van der Waals surface area contributed by atoms with Crippen LogP contribution in [-0.4, -0.2) is 51.9 Å². The number of halogens is 9. The molecular weight excluding hydrogens is 425 g/mol. The lowest BCUT2D eigenvalue weighted by Crippen LogP contribution is -2.60. The molecule has 1 N–H and O–H groups in total. The summed E-state index contributed by atoms with van der Waals surface area (Å²) in [6.07, 6.45) is -10.2. The number of aromatic amines is 1. The molecule has 0 aliphatic heterocycles. The van der Waals surface area contributed by atoms with Gasteiger partial charge in [0, 0.05) is 6.42 Å². The highest BCUT2D eigenvalue weighted by molar-refractivity contribution is 5.93. The minimum atomic E-state index is -6.91. The average molecular weight is 437 g/mol. The van der Waals surface area contributed by atoms with Crippen molar-refractivity contribution in [1.82, 2.24) is 15.4 Å². The van der Waals surface area contributed by atoms with E-state index in [1.54, 1.807) is 0 Å². The number of benzene rings is 1. The zero-order valence-corrected chi connectivity index (χ0v) is 14.2. The molecule has 5 nitrogen and oxygen atoms in total. The largest absolute Gasteiger partial charge is 0.462 e. The Balaban J connectivity index is 1.86. The zero-order valence-electron chi connectivity index (χ0n) is 14.2. The molecule has 0 aliphatic carbocycles. The molecule has 0 saturated carbocycles. The first kappa shape index (κ1) is 22.7. The van der Waals surface area contributed by atoms with E-state index in [1.165, 1.54) is 18.2 Å². The van der Waals surface area contributed by atoms with Crippen LogP contribution in [-0.2, 0) is 4.74 Å². The van der Waals surface area contributed by atoms with E-state index in [2.05, 4.69) is 15.4 Å². The van der Waals surface area contributed by atoms with Crippen LogP contribution in [0, 0.1) is 0 Å². The lowest BCUT2D eigenvalue weighted by molar-refractivity contribution is -0.396. The van der Waals surface area contributed by atoms with Crippen LogP contribution in [0.2, 0.25) is 0 Å². The topological polar surface area (TPSA) is 67.9 Å². The predicted molar refractivity (Wildman–Crippen MR) is 78.9 cm³/mol. The maximum Gasteiger partial charge on any atom is 0.460 e. The van der Waals surface area contributed by atoms with Crippen molar-refractivity contribution in [3.05, 3.63) is 23.8 Å². The van der Waals surface area contributed by atoms with Crippen LogP contribution in [0.15, 0.2) is 18.2 Å². The summed E-state index contributed by atoms with van der Waals surface area (Å²) in [7, 11) is 0. The molecule has 0 atom stereocenters. The number of aromatic nitrogens is 3. The van der Waals surface area contributed by atoms with Gasteiger partial charge in [-0.3, -0.25) is 5.10 Å². The fourth-order valence-electron chi connectivity index (χ4n) is 2.23. The smallest absolute Gasteiger partial charge is 0.460 e. The van der Waals surface area contributed by atoms with E-state index in [9.17, 15) is 44.3 Å². The van der Waals surface area contributed by atoms with Crippen LogP contribution in [0.25, 0.3) is 11.0 Å². The fraction of sp³-hybridized carbons (Fsp3) is 0.533. The van der Waals surface area contributed by atoms with Gasteiger partial charge in [0.25, 0.3) is 0 Å². The Morgan fingerprint density at radius 1 is 0.966 bits per heavy atom. The molecule has 2 aromatic rings. The third-order valence-corrected chi connectivity index (χ3v) is 3.89. The number of nitrogens with one attached hydrogen (secondary N) is 1. The number of nitrogens with zero attached hydrogens (tertiary/aromatic N) is 2. The normalized spacial score (nSPS) is 13.7. The lowest BCUT2D eigenvalue weighted by atomic mass is 9.99. The van der Waals surface area contributed by atoms with Gasteiger partial charge in [-0.1, -0.05) is 5.21 Å². The summed E-state index contributed by atoms with van der Waals surface area (Å²) in [5.74, 6) is -20.1. The highest BCUT2D eigenvalue weighted by Gasteiger charge is 2.81. The second-order valence-corrected chi connectivity index (χ2v) is 5.99. The number of esters is 1. The van der Waals surface area contributed by atoms with E-state index in [0.29, 0.717) is 11.0 Å². The molecule has 0 radical (unpaired) electrons. The monoisotopic (exact) mass is 437 g/mol. The van der Waals surface area contributed by atoms with Crippen molar-refractivity contribution in [2.75, 3.05) is 6.61 Å². The van der Waals surface area contributed by atoms with Gasteiger partial charge in [-0.2, -0.15) is 39.5 Å². The van der Waals surface area contributed by atoms with E-state index < -0.39 is 55.8 Å². The number of alkyl halides is 9. The quantitative estimate of drug-likeness (QED) is 0.368. The summed E-state index contributed by atoms with van der Waals surface area (Å²) in [5.41, 5.74) is 0.861. The van der Waals surface area contributed by atoms with Crippen molar-refractivity contribution in [3.63, 3.8) is 0 Å². The molecule has 0 fully saturated rings. The molecule has 0 bridgehead atoms. The van der Waals surface area contributed by atoms with E-state index in [0.717, 1.165) is 0 Å². The van der Waals surface area contributed by atoms with Crippen LogP contribution in [0.5, 0.6) is 0 Å². The molecule has 2 rings (SSSR count). The highest BCUT2D eigenvalue weighted by atomic mass is 19.4. The number of H-pyrrole nitrogens is 1. The molecule has 0 amide bonds. The summed E-state index contributed by atoms with van der Waals surface area (Å²) < 4.78 is 119. The maximum absolute atomic E-state index is 13.3. The second kappa shape index (κ2) is 7.71. The summed E-state index contributed by atoms with van der Waals surface area (Å²) >= 11 is 0. The number of unbranched alkanes of at least 4 members (excludes halogenated alkanes) is 1. The van der Waals surface area contributed by atoms with Crippen molar-refractivity contribution in [3.8, 4) is 0 Å². The highest BCUT2D eigenvalue weighted by Crippen LogP contribution is 2.54. The molecule has 29 heavy (non-hydrogen) atoms. The van der Waals surface area contributed by atoms with E-state index in [-0.39, 0.29) is 5.56 Å². The molecule has 1 heterocycles.